The van der Waals surface area contributed by atoms with Gasteiger partial charge in [0.2, 0.25) is 5.91 Å². The predicted molar refractivity (Wildman–Crippen MR) is 76.5 cm³/mol. The monoisotopic (exact) mass is 278 g/mol. The summed E-state index contributed by atoms with van der Waals surface area (Å²) in [5.74, 6) is 0.559. The Labute approximate surface area is 119 Å². The van der Waals surface area contributed by atoms with Gasteiger partial charge in [-0.25, -0.2) is 0 Å². The van der Waals surface area contributed by atoms with Crippen LogP contribution in [0.15, 0.2) is 30.3 Å². The maximum absolute atomic E-state index is 11.8. The number of nitrogens with zero attached hydrogens (tertiary/aromatic N) is 1. The highest BCUT2D eigenvalue weighted by molar-refractivity contribution is 5.84. The number of nitrogens with two attached hydrogens (primary N) is 1. The first-order chi connectivity index (χ1) is 9.65. The summed E-state index contributed by atoms with van der Waals surface area (Å²) in [7, 11) is 1.92. The highest BCUT2D eigenvalue weighted by Crippen LogP contribution is 2.26. The van der Waals surface area contributed by atoms with Crippen molar-refractivity contribution in [2.24, 2.45) is 5.73 Å². The van der Waals surface area contributed by atoms with Gasteiger partial charge in [0.15, 0.2) is 0 Å². The Bertz CT molecular complexity index is 430. The van der Waals surface area contributed by atoms with Crippen molar-refractivity contribution < 1.29 is 14.3 Å². The van der Waals surface area contributed by atoms with E-state index in [1.54, 1.807) is 0 Å². The zero-order valence-electron chi connectivity index (χ0n) is 11.9. The largest absolute Gasteiger partial charge is 0.492 e. The van der Waals surface area contributed by atoms with Crippen LogP contribution in [0.25, 0.3) is 0 Å². The van der Waals surface area contributed by atoms with Gasteiger partial charge in [-0.05, 0) is 32.0 Å². The van der Waals surface area contributed by atoms with E-state index >= 15 is 0 Å². The molecular formula is C15H22N2O3. The molecule has 0 aromatic heterocycles. The fraction of sp³-hybridized carbons (Fsp3) is 0.533. The Balaban J connectivity index is 1.89. The van der Waals surface area contributed by atoms with E-state index in [1.165, 1.54) is 0 Å². The van der Waals surface area contributed by atoms with Crippen LogP contribution in [0.4, 0.5) is 0 Å². The van der Waals surface area contributed by atoms with E-state index < -0.39 is 5.54 Å². The first-order valence-corrected chi connectivity index (χ1v) is 6.92. The number of primary amides is 1. The van der Waals surface area contributed by atoms with E-state index in [9.17, 15) is 4.79 Å². The van der Waals surface area contributed by atoms with Crippen LogP contribution in [-0.2, 0) is 9.53 Å². The van der Waals surface area contributed by atoms with Crippen molar-refractivity contribution in [2.75, 3.05) is 33.4 Å². The van der Waals surface area contributed by atoms with Gasteiger partial charge in [0.05, 0.1) is 0 Å². The van der Waals surface area contributed by atoms with Gasteiger partial charge in [-0.1, -0.05) is 18.2 Å². The second-order valence-electron chi connectivity index (χ2n) is 5.09. The van der Waals surface area contributed by atoms with Crippen LogP contribution >= 0.6 is 0 Å². The van der Waals surface area contributed by atoms with E-state index in [-0.39, 0.29) is 5.91 Å². The number of ether oxygens (including phenoxy) is 2. The SMILES string of the molecule is CN(CCOc1ccccc1)C1(C(N)=O)CCOCC1. The summed E-state index contributed by atoms with van der Waals surface area (Å²) >= 11 is 0. The van der Waals surface area contributed by atoms with Crippen LogP contribution in [0, 0.1) is 0 Å². The molecule has 1 amide bonds. The summed E-state index contributed by atoms with van der Waals surface area (Å²) in [6, 6.07) is 9.64. The summed E-state index contributed by atoms with van der Waals surface area (Å²) in [6.07, 6.45) is 1.29. The number of likely N-dealkylation sites (N-methyl/N-ethyl adjacent to an activating group) is 1. The van der Waals surface area contributed by atoms with Crippen molar-refractivity contribution in [1.82, 2.24) is 4.90 Å². The quantitative estimate of drug-likeness (QED) is 0.844. The maximum Gasteiger partial charge on any atom is 0.238 e. The van der Waals surface area contributed by atoms with Gasteiger partial charge < -0.3 is 15.2 Å². The Hall–Kier alpha value is -1.59. The molecule has 1 heterocycles. The van der Waals surface area contributed by atoms with Crippen LogP contribution in [0.3, 0.4) is 0 Å². The maximum atomic E-state index is 11.8. The lowest BCUT2D eigenvalue weighted by atomic mass is 9.87. The van der Waals surface area contributed by atoms with Crippen LogP contribution in [0.1, 0.15) is 12.8 Å². The molecule has 0 radical (unpaired) electrons. The van der Waals surface area contributed by atoms with Gasteiger partial charge in [0, 0.05) is 19.8 Å². The zero-order valence-corrected chi connectivity index (χ0v) is 11.9. The van der Waals surface area contributed by atoms with Gasteiger partial charge in [0.25, 0.3) is 0 Å². The molecular weight excluding hydrogens is 256 g/mol. The van der Waals surface area contributed by atoms with Crippen LogP contribution in [0.5, 0.6) is 5.75 Å². The van der Waals surface area contributed by atoms with E-state index in [2.05, 4.69) is 0 Å². The minimum absolute atomic E-state index is 0.275. The number of carbonyl (C=O) groups is 1. The molecule has 1 aliphatic heterocycles. The van der Waals surface area contributed by atoms with Crippen molar-refractivity contribution in [3.63, 3.8) is 0 Å². The van der Waals surface area contributed by atoms with Crippen molar-refractivity contribution in [1.29, 1.82) is 0 Å². The van der Waals surface area contributed by atoms with E-state index in [4.69, 9.17) is 15.2 Å². The molecule has 1 saturated heterocycles. The lowest BCUT2D eigenvalue weighted by Crippen LogP contribution is -2.59. The molecule has 1 aliphatic rings. The molecule has 1 fully saturated rings. The highest BCUT2D eigenvalue weighted by atomic mass is 16.5. The van der Waals surface area contributed by atoms with Crippen LogP contribution in [-0.4, -0.2) is 49.8 Å². The summed E-state index contributed by atoms with van der Waals surface area (Å²) in [6.45, 7) is 2.33. The van der Waals surface area contributed by atoms with E-state index in [1.807, 2.05) is 42.3 Å². The standard InChI is InChI=1S/C15H22N2O3/c1-17(9-12-20-13-5-3-2-4-6-13)15(14(16)18)7-10-19-11-8-15/h2-6H,7-12H2,1H3,(H2,16,18). The molecule has 0 saturated carbocycles. The molecule has 5 nitrogen and oxygen atoms in total. The third kappa shape index (κ3) is 3.29. The number of carbonyl (C=O) groups excluding carboxylic acids is 1. The highest BCUT2D eigenvalue weighted by Gasteiger charge is 2.41. The van der Waals surface area contributed by atoms with Gasteiger partial charge in [-0.3, -0.25) is 9.69 Å². The Morgan fingerprint density at radius 3 is 2.60 bits per heavy atom. The lowest BCUT2D eigenvalue weighted by molar-refractivity contribution is -0.136. The zero-order chi connectivity index (χ0) is 14.4. The van der Waals surface area contributed by atoms with E-state index in [0.717, 1.165) is 5.75 Å². The first-order valence-electron chi connectivity index (χ1n) is 6.92. The summed E-state index contributed by atoms with van der Waals surface area (Å²) < 4.78 is 11.0. The topological polar surface area (TPSA) is 64.8 Å². The Morgan fingerprint density at radius 2 is 2.00 bits per heavy atom. The second kappa shape index (κ2) is 6.72. The van der Waals surface area contributed by atoms with Crippen LogP contribution < -0.4 is 10.5 Å². The minimum atomic E-state index is -0.599. The average Bonchev–Trinajstić information content (AvgIpc) is 2.48. The summed E-state index contributed by atoms with van der Waals surface area (Å²) in [5.41, 5.74) is 5.01. The van der Waals surface area contributed by atoms with E-state index in [0.29, 0.717) is 39.2 Å². The van der Waals surface area contributed by atoms with Crippen molar-refractivity contribution in [2.45, 2.75) is 18.4 Å². The molecule has 0 bridgehead atoms. The van der Waals surface area contributed by atoms with Gasteiger partial charge in [0.1, 0.15) is 17.9 Å². The molecule has 0 aliphatic carbocycles. The molecule has 0 unspecified atom stereocenters. The molecule has 0 spiro atoms. The van der Waals surface area contributed by atoms with Gasteiger partial charge >= 0.3 is 0 Å². The smallest absolute Gasteiger partial charge is 0.238 e. The van der Waals surface area contributed by atoms with Crippen molar-refractivity contribution in [3.8, 4) is 5.75 Å². The van der Waals surface area contributed by atoms with Crippen molar-refractivity contribution in [3.05, 3.63) is 30.3 Å². The molecule has 0 atom stereocenters. The molecule has 1 aromatic carbocycles. The molecule has 2 N–H and O–H groups in total. The second-order valence-corrected chi connectivity index (χ2v) is 5.09. The molecule has 2 rings (SSSR count). The Morgan fingerprint density at radius 1 is 1.35 bits per heavy atom. The normalized spacial score (nSPS) is 17.9. The molecule has 5 heteroatoms. The fourth-order valence-corrected chi connectivity index (χ4v) is 2.56. The van der Waals surface area contributed by atoms with Crippen molar-refractivity contribution >= 4 is 5.91 Å². The predicted octanol–water partition coefficient (Wildman–Crippen LogP) is 1.03. The number of hydrogen-bond acceptors (Lipinski definition) is 4. The third-order valence-corrected chi connectivity index (χ3v) is 3.95. The van der Waals surface area contributed by atoms with Gasteiger partial charge in [-0.2, -0.15) is 0 Å². The molecule has 110 valence electrons. The first kappa shape index (κ1) is 14.8. The van der Waals surface area contributed by atoms with Gasteiger partial charge in [-0.15, -0.1) is 0 Å². The number of rotatable bonds is 6. The number of hydrogen-bond donors (Lipinski definition) is 1. The summed E-state index contributed by atoms with van der Waals surface area (Å²) in [5, 5.41) is 0. The van der Waals surface area contributed by atoms with Crippen LogP contribution in [0.2, 0.25) is 0 Å². The summed E-state index contributed by atoms with van der Waals surface area (Å²) in [4.78, 5) is 13.8. The minimum Gasteiger partial charge on any atom is -0.492 e. The molecule has 20 heavy (non-hydrogen) atoms. The number of benzene rings is 1. The third-order valence-electron chi connectivity index (χ3n) is 3.95. The average molecular weight is 278 g/mol. The lowest BCUT2D eigenvalue weighted by Gasteiger charge is -2.41. The fourth-order valence-electron chi connectivity index (χ4n) is 2.56. The number of para-hydroxylation sites is 1. The molecule has 1 aromatic rings. The number of amides is 1. The Kier molecular flexibility index (Phi) is 4.98.